The van der Waals surface area contributed by atoms with Gasteiger partial charge in [-0.2, -0.15) is 5.26 Å². The number of rotatable bonds is 3. The molecule has 0 fully saturated rings. The molecule has 0 spiro atoms. The lowest BCUT2D eigenvalue weighted by molar-refractivity contribution is 0.432. The first-order chi connectivity index (χ1) is 9.86. The Morgan fingerprint density at radius 1 is 1.00 bits per heavy atom. The molecule has 8 heteroatoms. The number of anilines is 1. The molecule has 0 bridgehead atoms. The maximum Gasteiger partial charge on any atom is 0.264 e. The van der Waals surface area contributed by atoms with Gasteiger partial charge in [-0.25, -0.2) is 21.6 Å². The van der Waals surface area contributed by atoms with Crippen molar-refractivity contribution >= 4 is 15.7 Å². The smallest absolute Gasteiger partial charge is 0.264 e. The second-order valence-electron chi connectivity index (χ2n) is 3.94. The summed E-state index contributed by atoms with van der Waals surface area (Å²) in [5.41, 5.74) is -0.0896. The van der Waals surface area contributed by atoms with Crippen molar-refractivity contribution in [2.45, 2.75) is 4.90 Å². The van der Waals surface area contributed by atoms with Crippen LogP contribution in [0.5, 0.6) is 0 Å². The zero-order chi connectivity index (χ0) is 15.6. The number of para-hydroxylation sites is 1. The van der Waals surface area contributed by atoms with Crippen molar-refractivity contribution in [3.63, 3.8) is 0 Å². The Balaban J connectivity index is 2.50. The van der Waals surface area contributed by atoms with E-state index in [1.165, 1.54) is 24.3 Å². The van der Waals surface area contributed by atoms with Crippen molar-refractivity contribution in [3.05, 3.63) is 59.4 Å². The summed E-state index contributed by atoms with van der Waals surface area (Å²) in [4.78, 5) is -1.05. The van der Waals surface area contributed by atoms with Gasteiger partial charge < -0.3 is 0 Å². The van der Waals surface area contributed by atoms with Gasteiger partial charge in [0.2, 0.25) is 0 Å². The van der Waals surface area contributed by atoms with Crippen LogP contribution in [0.25, 0.3) is 0 Å². The van der Waals surface area contributed by atoms with Gasteiger partial charge in [-0.05, 0) is 24.3 Å². The molecule has 0 heterocycles. The third-order valence-electron chi connectivity index (χ3n) is 2.58. The van der Waals surface area contributed by atoms with E-state index in [0.29, 0.717) is 12.1 Å². The highest BCUT2D eigenvalue weighted by Crippen LogP contribution is 2.23. The van der Waals surface area contributed by atoms with Crippen molar-refractivity contribution in [3.8, 4) is 6.07 Å². The van der Waals surface area contributed by atoms with Gasteiger partial charge in [0.1, 0.15) is 11.0 Å². The predicted octanol–water partition coefficient (Wildman–Crippen LogP) is 2.78. The van der Waals surface area contributed by atoms with Crippen LogP contribution in [-0.2, 0) is 10.0 Å². The van der Waals surface area contributed by atoms with E-state index < -0.39 is 32.4 Å². The number of nitrogens with zero attached hydrogens (tertiary/aromatic N) is 1. The molecule has 0 unspecified atom stereocenters. The van der Waals surface area contributed by atoms with E-state index in [4.69, 9.17) is 5.26 Å². The molecule has 0 aliphatic carbocycles. The summed E-state index contributed by atoms with van der Waals surface area (Å²) in [6.07, 6.45) is 0. The number of benzene rings is 2. The van der Waals surface area contributed by atoms with E-state index in [-0.39, 0.29) is 11.3 Å². The maximum absolute atomic E-state index is 13.5. The van der Waals surface area contributed by atoms with Gasteiger partial charge in [-0.1, -0.05) is 12.1 Å². The molecule has 0 aliphatic heterocycles. The lowest BCUT2D eigenvalue weighted by atomic mass is 10.2. The molecule has 0 atom stereocenters. The molecule has 0 amide bonds. The fourth-order valence-electron chi connectivity index (χ4n) is 1.59. The minimum Gasteiger partial charge on any atom is -0.278 e. The Hall–Kier alpha value is -2.53. The third kappa shape index (κ3) is 2.83. The monoisotopic (exact) mass is 312 g/mol. The molecule has 2 aromatic rings. The first-order valence-corrected chi connectivity index (χ1v) is 7.00. The SMILES string of the molecule is N#Cc1ccccc1NS(=O)(=O)c1ccc(F)c(F)c1F. The van der Waals surface area contributed by atoms with E-state index >= 15 is 0 Å². The van der Waals surface area contributed by atoms with Crippen LogP contribution in [0.15, 0.2) is 41.3 Å². The Morgan fingerprint density at radius 2 is 1.67 bits per heavy atom. The average molecular weight is 312 g/mol. The highest BCUT2D eigenvalue weighted by molar-refractivity contribution is 7.92. The molecule has 108 valence electrons. The molecular weight excluding hydrogens is 305 g/mol. The first kappa shape index (κ1) is 14.9. The molecule has 1 N–H and O–H groups in total. The predicted molar refractivity (Wildman–Crippen MR) is 68.3 cm³/mol. The van der Waals surface area contributed by atoms with Crippen molar-refractivity contribution in [1.29, 1.82) is 5.26 Å². The minimum absolute atomic E-state index is 0.00377. The summed E-state index contributed by atoms with van der Waals surface area (Å²) in [5.74, 6) is -5.20. The zero-order valence-corrected chi connectivity index (χ0v) is 11.1. The van der Waals surface area contributed by atoms with E-state index in [1.54, 1.807) is 6.07 Å². The van der Waals surface area contributed by atoms with Crippen molar-refractivity contribution < 1.29 is 21.6 Å². The van der Waals surface area contributed by atoms with Gasteiger partial charge in [0.05, 0.1) is 11.3 Å². The van der Waals surface area contributed by atoms with Crippen LogP contribution in [-0.4, -0.2) is 8.42 Å². The second kappa shape index (κ2) is 5.46. The van der Waals surface area contributed by atoms with Crippen LogP contribution in [0.3, 0.4) is 0 Å². The molecule has 0 radical (unpaired) electrons. The number of nitrogens with one attached hydrogen (secondary N) is 1. The number of sulfonamides is 1. The maximum atomic E-state index is 13.5. The van der Waals surface area contributed by atoms with Crippen molar-refractivity contribution in [2.75, 3.05) is 4.72 Å². The summed E-state index contributed by atoms with van der Waals surface area (Å²) >= 11 is 0. The van der Waals surface area contributed by atoms with Crippen molar-refractivity contribution in [2.24, 2.45) is 0 Å². The van der Waals surface area contributed by atoms with Gasteiger partial charge >= 0.3 is 0 Å². The van der Waals surface area contributed by atoms with E-state index in [1.807, 2.05) is 4.72 Å². The van der Waals surface area contributed by atoms with Gasteiger partial charge in [-0.15, -0.1) is 0 Å². The molecule has 0 aromatic heterocycles. The Morgan fingerprint density at radius 3 is 2.33 bits per heavy atom. The van der Waals surface area contributed by atoms with Gasteiger partial charge in [0.25, 0.3) is 10.0 Å². The summed E-state index contributed by atoms with van der Waals surface area (Å²) in [6, 6.07) is 8.45. The number of hydrogen-bond donors (Lipinski definition) is 1. The van der Waals surface area contributed by atoms with Gasteiger partial charge in [-0.3, -0.25) is 4.72 Å². The largest absolute Gasteiger partial charge is 0.278 e. The number of hydrogen-bond acceptors (Lipinski definition) is 3. The lowest BCUT2D eigenvalue weighted by Gasteiger charge is -2.10. The summed E-state index contributed by atoms with van der Waals surface area (Å²) in [5, 5.41) is 8.85. The van der Waals surface area contributed by atoms with E-state index in [2.05, 4.69) is 0 Å². The van der Waals surface area contributed by atoms with Crippen LogP contribution >= 0.6 is 0 Å². The highest BCUT2D eigenvalue weighted by atomic mass is 32.2. The molecule has 0 saturated carbocycles. The van der Waals surface area contributed by atoms with Crippen LogP contribution < -0.4 is 4.72 Å². The van der Waals surface area contributed by atoms with E-state index in [9.17, 15) is 21.6 Å². The van der Waals surface area contributed by atoms with Crippen LogP contribution in [0.4, 0.5) is 18.9 Å². The first-order valence-electron chi connectivity index (χ1n) is 5.52. The second-order valence-corrected chi connectivity index (χ2v) is 5.59. The molecule has 2 rings (SSSR count). The topological polar surface area (TPSA) is 70.0 Å². The summed E-state index contributed by atoms with van der Waals surface area (Å²) < 4.78 is 65.4. The molecule has 0 saturated heterocycles. The zero-order valence-electron chi connectivity index (χ0n) is 10.3. The molecule has 21 heavy (non-hydrogen) atoms. The summed E-state index contributed by atoms with van der Waals surface area (Å²) in [6.45, 7) is 0. The normalized spacial score (nSPS) is 11.0. The fourth-order valence-corrected chi connectivity index (χ4v) is 2.74. The van der Waals surface area contributed by atoms with Gasteiger partial charge in [0.15, 0.2) is 17.5 Å². The molecule has 4 nitrogen and oxygen atoms in total. The Labute approximate surface area is 118 Å². The molecular formula is C13H7F3N2O2S. The summed E-state index contributed by atoms with van der Waals surface area (Å²) in [7, 11) is -4.50. The molecule has 0 aliphatic rings. The lowest BCUT2D eigenvalue weighted by Crippen LogP contribution is -2.16. The highest BCUT2D eigenvalue weighted by Gasteiger charge is 2.24. The number of nitriles is 1. The number of halogens is 3. The minimum atomic E-state index is -4.50. The van der Waals surface area contributed by atoms with Crippen molar-refractivity contribution in [1.82, 2.24) is 0 Å². The van der Waals surface area contributed by atoms with Crippen LogP contribution in [0, 0.1) is 28.8 Å². The Bertz CT molecular complexity index is 845. The third-order valence-corrected chi connectivity index (χ3v) is 3.96. The van der Waals surface area contributed by atoms with Crippen LogP contribution in [0.2, 0.25) is 0 Å². The van der Waals surface area contributed by atoms with E-state index in [0.717, 1.165) is 0 Å². The quantitative estimate of drug-likeness (QED) is 0.886. The fraction of sp³-hybridized carbons (Fsp3) is 0. The van der Waals surface area contributed by atoms with Crippen LogP contribution in [0.1, 0.15) is 5.56 Å². The van der Waals surface area contributed by atoms with Gasteiger partial charge in [0, 0.05) is 0 Å². The average Bonchev–Trinajstić information content (AvgIpc) is 2.44. The Kier molecular flexibility index (Phi) is 3.86. The standard InChI is InChI=1S/C13H7F3N2O2S/c14-9-5-6-11(13(16)12(9)15)21(19,20)18-10-4-2-1-3-8(10)7-17/h1-6,18H. The molecule has 2 aromatic carbocycles.